The van der Waals surface area contributed by atoms with Crippen LogP contribution in [0.3, 0.4) is 0 Å². The number of ketones is 1. The van der Waals surface area contributed by atoms with Gasteiger partial charge in [0.05, 0.1) is 36.4 Å². The average Bonchev–Trinajstić information content (AvgIpc) is 3.13. The molecule has 10 heteroatoms. The minimum atomic E-state index is -4.58. The van der Waals surface area contributed by atoms with Gasteiger partial charge in [-0.2, -0.15) is 13.2 Å². The lowest BCUT2D eigenvalue weighted by molar-refractivity contribution is -0.137. The van der Waals surface area contributed by atoms with Crippen LogP contribution < -0.4 is 14.4 Å². The molecule has 0 saturated carbocycles. The normalized spacial score (nSPS) is 17.4. The molecule has 186 valence electrons. The van der Waals surface area contributed by atoms with Gasteiger partial charge < -0.3 is 14.6 Å². The Balaban J connectivity index is 1.95. The van der Waals surface area contributed by atoms with Crippen molar-refractivity contribution in [3.8, 4) is 11.5 Å². The molecule has 1 heterocycles. The van der Waals surface area contributed by atoms with Gasteiger partial charge in [0, 0.05) is 17.3 Å². The number of nitrogens with zero attached hydrogens (tertiary/aromatic N) is 1. The second-order valence-electron chi connectivity index (χ2n) is 7.81. The first-order chi connectivity index (χ1) is 17.1. The number of rotatable bonds is 5. The number of ether oxygens (including phenoxy) is 2. The molecule has 1 fully saturated rings. The fourth-order valence-electron chi connectivity index (χ4n) is 4.04. The van der Waals surface area contributed by atoms with E-state index in [1.165, 1.54) is 44.6 Å². The highest BCUT2D eigenvalue weighted by atomic mass is 35.5. The number of amides is 1. The molecule has 1 saturated heterocycles. The zero-order valence-electron chi connectivity index (χ0n) is 19.0. The molecule has 3 aromatic carbocycles. The molecule has 0 radical (unpaired) electrons. The third-order valence-electron chi connectivity index (χ3n) is 5.77. The Morgan fingerprint density at radius 3 is 2.17 bits per heavy atom. The summed E-state index contributed by atoms with van der Waals surface area (Å²) in [6.07, 6.45) is -4.58. The number of benzene rings is 3. The summed E-state index contributed by atoms with van der Waals surface area (Å²) in [5.41, 5.74) is -0.743. The number of anilines is 1. The SMILES string of the molecule is COc1ccc(N2C(=O)C(=O)C(=C(O)c3ccccc3Cl)C2c2ccc(C(F)(F)F)cc2)cc1OC. The minimum absolute atomic E-state index is 0.0985. The fourth-order valence-corrected chi connectivity index (χ4v) is 4.27. The first kappa shape index (κ1) is 25.1. The molecule has 1 aliphatic heterocycles. The van der Waals surface area contributed by atoms with E-state index in [2.05, 4.69) is 0 Å². The number of hydrogen-bond acceptors (Lipinski definition) is 5. The maximum Gasteiger partial charge on any atom is 0.416 e. The molecule has 0 spiro atoms. The number of Topliss-reactive ketones (excluding diaryl/α,β-unsaturated/α-hetero) is 1. The van der Waals surface area contributed by atoms with E-state index in [0.29, 0.717) is 5.75 Å². The number of methoxy groups -OCH3 is 2. The Hall–Kier alpha value is -3.98. The highest BCUT2D eigenvalue weighted by Crippen LogP contribution is 2.45. The van der Waals surface area contributed by atoms with Crippen molar-refractivity contribution in [1.29, 1.82) is 0 Å². The van der Waals surface area contributed by atoms with E-state index in [9.17, 15) is 27.9 Å². The third kappa shape index (κ3) is 4.37. The van der Waals surface area contributed by atoms with Crippen molar-refractivity contribution in [3.05, 3.63) is 94.0 Å². The fraction of sp³-hybridized carbons (Fsp3) is 0.154. The van der Waals surface area contributed by atoms with Crippen molar-refractivity contribution in [1.82, 2.24) is 0 Å². The molecule has 1 unspecified atom stereocenters. The number of carbonyl (C=O) groups excluding carboxylic acids is 2. The Labute approximate surface area is 209 Å². The third-order valence-corrected chi connectivity index (χ3v) is 6.10. The van der Waals surface area contributed by atoms with Gasteiger partial charge in [-0.05, 0) is 42.0 Å². The van der Waals surface area contributed by atoms with E-state index in [1.807, 2.05) is 0 Å². The number of hydrogen-bond donors (Lipinski definition) is 1. The second-order valence-corrected chi connectivity index (χ2v) is 8.22. The number of halogens is 4. The lowest BCUT2D eigenvalue weighted by Gasteiger charge is -2.26. The zero-order chi connectivity index (χ0) is 26.2. The topological polar surface area (TPSA) is 76.1 Å². The largest absolute Gasteiger partial charge is 0.507 e. The molecule has 0 aromatic heterocycles. The molecular weight excluding hydrogens is 499 g/mol. The van der Waals surface area contributed by atoms with Crippen molar-refractivity contribution >= 4 is 34.7 Å². The van der Waals surface area contributed by atoms with E-state index >= 15 is 0 Å². The molecule has 4 rings (SSSR count). The van der Waals surface area contributed by atoms with Gasteiger partial charge in [-0.15, -0.1) is 0 Å². The van der Waals surface area contributed by atoms with Gasteiger partial charge >= 0.3 is 6.18 Å². The number of alkyl halides is 3. The van der Waals surface area contributed by atoms with E-state index in [1.54, 1.807) is 12.1 Å². The number of carbonyl (C=O) groups is 2. The lowest BCUT2D eigenvalue weighted by atomic mass is 9.94. The quantitative estimate of drug-likeness (QED) is 0.255. The summed E-state index contributed by atoms with van der Waals surface area (Å²) in [5, 5.41) is 11.2. The Morgan fingerprint density at radius 1 is 0.944 bits per heavy atom. The van der Waals surface area contributed by atoms with Gasteiger partial charge in [0.25, 0.3) is 11.7 Å². The molecule has 0 aliphatic carbocycles. The monoisotopic (exact) mass is 517 g/mol. The predicted octanol–water partition coefficient (Wildman–Crippen LogP) is 6.00. The van der Waals surface area contributed by atoms with Crippen LogP contribution in [0.4, 0.5) is 18.9 Å². The summed E-state index contributed by atoms with van der Waals surface area (Å²) in [5.74, 6) is -1.94. The van der Waals surface area contributed by atoms with Gasteiger partial charge in [-0.25, -0.2) is 0 Å². The van der Waals surface area contributed by atoms with Crippen LogP contribution in [0.15, 0.2) is 72.3 Å². The first-order valence-electron chi connectivity index (χ1n) is 10.5. The van der Waals surface area contributed by atoms with Crippen LogP contribution in [0.5, 0.6) is 11.5 Å². The summed E-state index contributed by atoms with van der Waals surface area (Å²) in [6.45, 7) is 0. The first-order valence-corrected chi connectivity index (χ1v) is 10.9. The van der Waals surface area contributed by atoms with Crippen LogP contribution in [0.1, 0.15) is 22.7 Å². The van der Waals surface area contributed by atoms with Crippen LogP contribution in [0.25, 0.3) is 5.76 Å². The van der Waals surface area contributed by atoms with Gasteiger partial charge in [0.1, 0.15) is 5.76 Å². The van der Waals surface area contributed by atoms with Crippen LogP contribution >= 0.6 is 11.6 Å². The van der Waals surface area contributed by atoms with Crippen molar-refractivity contribution in [2.45, 2.75) is 12.2 Å². The summed E-state index contributed by atoms with van der Waals surface area (Å²) in [6, 6.07) is 13.4. The second kappa shape index (κ2) is 9.58. The Morgan fingerprint density at radius 2 is 1.58 bits per heavy atom. The maximum absolute atomic E-state index is 13.2. The van der Waals surface area contributed by atoms with Crippen LogP contribution in [-0.4, -0.2) is 31.0 Å². The summed E-state index contributed by atoms with van der Waals surface area (Å²) < 4.78 is 50.1. The van der Waals surface area contributed by atoms with Crippen LogP contribution in [0, 0.1) is 0 Å². The Bertz CT molecular complexity index is 1370. The van der Waals surface area contributed by atoms with Gasteiger partial charge in [0.15, 0.2) is 11.5 Å². The van der Waals surface area contributed by atoms with Gasteiger partial charge in [-0.3, -0.25) is 14.5 Å². The highest BCUT2D eigenvalue weighted by molar-refractivity contribution is 6.52. The van der Waals surface area contributed by atoms with Crippen LogP contribution in [0.2, 0.25) is 5.02 Å². The standard InChI is InChI=1S/C26H19ClF3NO5/c1-35-19-12-11-16(13-20(19)36-2)31-22(14-7-9-15(10-8-14)26(28,29)30)21(24(33)25(31)34)23(32)17-5-3-4-6-18(17)27/h3-13,22,32H,1-2H3. The van der Waals surface area contributed by atoms with Crippen molar-refractivity contribution < 1.29 is 37.3 Å². The summed E-state index contributed by atoms with van der Waals surface area (Å²) in [7, 11) is 2.82. The molecule has 36 heavy (non-hydrogen) atoms. The molecule has 1 atom stereocenters. The summed E-state index contributed by atoms with van der Waals surface area (Å²) in [4.78, 5) is 27.6. The lowest BCUT2D eigenvalue weighted by Crippen LogP contribution is -2.29. The van der Waals surface area contributed by atoms with Crippen molar-refractivity contribution in [3.63, 3.8) is 0 Å². The Kier molecular flexibility index (Phi) is 6.69. The number of aliphatic hydroxyl groups is 1. The molecule has 1 N–H and O–H groups in total. The smallest absolute Gasteiger partial charge is 0.416 e. The maximum atomic E-state index is 13.2. The zero-order valence-corrected chi connectivity index (χ0v) is 19.7. The van der Waals surface area contributed by atoms with Crippen LogP contribution in [-0.2, 0) is 15.8 Å². The predicted molar refractivity (Wildman–Crippen MR) is 127 cm³/mol. The highest BCUT2D eigenvalue weighted by Gasteiger charge is 2.47. The van der Waals surface area contributed by atoms with E-state index in [4.69, 9.17) is 21.1 Å². The van der Waals surface area contributed by atoms with Crippen molar-refractivity contribution in [2.75, 3.05) is 19.1 Å². The number of aliphatic hydroxyl groups excluding tert-OH is 1. The summed E-state index contributed by atoms with van der Waals surface area (Å²) >= 11 is 6.21. The van der Waals surface area contributed by atoms with E-state index in [-0.39, 0.29) is 33.2 Å². The molecule has 6 nitrogen and oxygen atoms in total. The van der Waals surface area contributed by atoms with E-state index < -0.39 is 35.2 Å². The molecule has 3 aromatic rings. The molecule has 0 bridgehead atoms. The van der Waals surface area contributed by atoms with Crippen molar-refractivity contribution in [2.24, 2.45) is 0 Å². The molecule has 1 amide bonds. The average molecular weight is 518 g/mol. The molecular formula is C26H19ClF3NO5. The van der Waals surface area contributed by atoms with Gasteiger partial charge in [0.2, 0.25) is 0 Å². The van der Waals surface area contributed by atoms with E-state index in [0.717, 1.165) is 29.2 Å². The van der Waals surface area contributed by atoms with Gasteiger partial charge in [-0.1, -0.05) is 35.9 Å². The molecule has 1 aliphatic rings. The minimum Gasteiger partial charge on any atom is -0.507 e.